The Bertz CT molecular complexity index is 800. The molecule has 0 saturated heterocycles. The fourth-order valence-corrected chi connectivity index (χ4v) is 3.68. The van der Waals surface area contributed by atoms with E-state index in [0.717, 1.165) is 11.1 Å². The van der Waals surface area contributed by atoms with Crippen LogP contribution in [0, 0.1) is 12.8 Å². The lowest BCUT2D eigenvalue weighted by Crippen LogP contribution is -2.49. The summed E-state index contributed by atoms with van der Waals surface area (Å²) in [6.45, 7) is 5.86. The maximum atomic E-state index is 12.5. The number of sulfonamides is 1. The van der Waals surface area contributed by atoms with Gasteiger partial charge in [0.25, 0.3) is 0 Å². The highest BCUT2D eigenvalue weighted by Crippen LogP contribution is 2.13. The fraction of sp³-hybridized carbons (Fsp3) is 0.316. The lowest BCUT2D eigenvalue weighted by Gasteiger charge is -2.21. The zero-order chi connectivity index (χ0) is 18.4. The molecule has 1 atom stereocenters. The normalized spacial score (nSPS) is 12.8. The average Bonchev–Trinajstić information content (AvgIpc) is 2.58. The van der Waals surface area contributed by atoms with E-state index < -0.39 is 16.1 Å². The van der Waals surface area contributed by atoms with Crippen molar-refractivity contribution < 1.29 is 13.2 Å². The summed E-state index contributed by atoms with van der Waals surface area (Å²) >= 11 is 0. The number of carbonyl (C=O) groups excluding carboxylic acids is 1. The monoisotopic (exact) mass is 360 g/mol. The summed E-state index contributed by atoms with van der Waals surface area (Å²) in [5.74, 6) is -0.523. The zero-order valence-corrected chi connectivity index (χ0v) is 15.5. The van der Waals surface area contributed by atoms with Crippen LogP contribution in [0.25, 0.3) is 0 Å². The van der Waals surface area contributed by atoms with E-state index in [1.165, 1.54) is 12.1 Å². The van der Waals surface area contributed by atoms with Crippen LogP contribution in [-0.2, 0) is 21.4 Å². The Kier molecular flexibility index (Phi) is 6.33. The van der Waals surface area contributed by atoms with Gasteiger partial charge >= 0.3 is 0 Å². The number of amides is 1. The van der Waals surface area contributed by atoms with Crippen LogP contribution in [0.15, 0.2) is 59.5 Å². The summed E-state index contributed by atoms with van der Waals surface area (Å²) < 4.78 is 27.6. The van der Waals surface area contributed by atoms with Crippen molar-refractivity contribution in [2.45, 2.75) is 38.3 Å². The van der Waals surface area contributed by atoms with Crippen molar-refractivity contribution in [2.75, 3.05) is 0 Å². The van der Waals surface area contributed by atoms with E-state index in [1.54, 1.807) is 12.1 Å². The topological polar surface area (TPSA) is 75.3 Å². The molecule has 0 aliphatic carbocycles. The largest absolute Gasteiger partial charge is 0.351 e. The molecule has 0 aromatic heterocycles. The quantitative estimate of drug-likeness (QED) is 0.797. The standard InChI is InChI=1S/C19H24N2O3S/c1-14(2)18(19(22)20-13-16-7-5-4-6-8-16)21-25(23,24)17-11-9-15(3)10-12-17/h4-12,14,18,21H,13H2,1-3H3,(H,20,22). The molecule has 0 heterocycles. The average molecular weight is 360 g/mol. The molecule has 1 amide bonds. The molecule has 6 heteroatoms. The lowest BCUT2D eigenvalue weighted by molar-refractivity contribution is -0.123. The van der Waals surface area contributed by atoms with E-state index in [1.807, 2.05) is 51.1 Å². The Morgan fingerprint density at radius 1 is 1.00 bits per heavy atom. The molecule has 0 bridgehead atoms. The molecule has 0 saturated carbocycles. The van der Waals surface area contributed by atoms with Gasteiger partial charge in [0.15, 0.2) is 0 Å². The van der Waals surface area contributed by atoms with Crippen LogP contribution in [-0.4, -0.2) is 20.4 Å². The molecule has 2 rings (SSSR count). The molecule has 2 aromatic carbocycles. The van der Waals surface area contributed by atoms with Crippen LogP contribution in [0.1, 0.15) is 25.0 Å². The van der Waals surface area contributed by atoms with Gasteiger partial charge in [0.1, 0.15) is 6.04 Å². The van der Waals surface area contributed by atoms with Crippen LogP contribution in [0.5, 0.6) is 0 Å². The second-order valence-corrected chi connectivity index (χ2v) is 8.07. The zero-order valence-electron chi connectivity index (χ0n) is 14.7. The Balaban J connectivity index is 2.09. The summed E-state index contributed by atoms with van der Waals surface area (Å²) in [7, 11) is -3.76. The van der Waals surface area contributed by atoms with E-state index >= 15 is 0 Å². The third-order valence-corrected chi connectivity index (χ3v) is 5.33. The number of nitrogens with one attached hydrogen (secondary N) is 2. The maximum Gasteiger partial charge on any atom is 0.241 e. The van der Waals surface area contributed by atoms with Crippen molar-refractivity contribution in [3.63, 3.8) is 0 Å². The van der Waals surface area contributed by atoms with Crippen LogP contribution in [0.3, 0.4) is 0 Å². The van der Waals surface area contributed by atoms with Gasteiger partial charge in [-0.1, -0.05) is 61.9 Å². The number of rotatable bonds is 7. The molecule has 0 radical (unpaired) electrons. The molecule has 0 aliphatic heterocycles. The molecule has 1 unspecified atom stereocenters. The van der Waals surface area contributed by atoms with E-state index in [9.17, 15) is 13.2 Å². The Morgan fingerprint density at radius 2 is 1.60 bits per heavy atom. The Hall–Kier alpha value is -2.18. The summed E-state index contributed by atoms with van der Waals surface area (Å²) in [5, 5.41) is 2.80. The second-order valence-electron chi connectivity index (χ2n) is 6.36. The van der Waals surface area contributed by atoms with Crippen molar-refractivity contribution in [1.82, 2.24) is 10.0 Å². The minimum absolute atomic E-state index is 0.152. The summed E-state index contributed by atoms with van der Waals surface area (Å²) in [5.41, 5.74) is 1.93. The van der Waals surface area contributed by atoms with Gasteiger partial charge in [-0.25, -0.2) is 8.42 Å². The number of aryl methyl sites for hydroxylation is 1. The van der Waals surface area contributed by atoms with Crippen LogP contribution in [0.4, 0.5) is 0 Å². The van der Waals surface area contributed by atoms with Gasteiger partial charge in [0.2, 0.25) is 15.9 Å². The third kappa shape index (κ3) is 5.41. The van der Waals surface area contributed by atoms with E-state index in [2.05, 4.69) is 10.0 Å². The van der Waals surface area contributed by atoms with Crippen LogP contribution in [0.2, 0.25) is 0 Å². The molecule has 25 heavy (non-hydrogen) atoms. The van der Waals surface area contributed by atoms with Crippen molar-refractivity contribution in [3.8, 4) is 0 Å². The minimum Gasteiger partial charge on any atom is -0.351 e. The van der Waals surface area contributed by atoms with E-state index in [4.69, 9.17) is 0 Å². The highest BCUT2D eigenvalue weighted by atomic mass is 32.2. The molecular formula is C19H24N2O3S. The molecule has 0 aliphatic rings. The van der Waals surface area contributed by atoms with Gasteiger partial charge in [-0.05, 0) is 30.5 Å². The Labute approximate surface area is 149 Å². The first kappa shape index (κ1) is 19.1. The molecule has 134 valence electrons. The van der Waals surface area contributed by atoms with Crippen LogP contribution >= 0.6 is 0 Å². The molecule has 5 nitrogen and oxygen atoms in total. The van der Waals surface area contributed by atoms with E-state index in [-0.39, 0.29) is 16.7 Å². The van der Waals surface area contributed by atoms with Gasteiger partial charge < -0.3 is 5.32 Å². The van der Waals surface area contributed by atoms with Gasteiger partial charge in [0.05, 0.1) is 4.90 Å². The number of hydrogen-bond acceptors (Lipinski definition) is 3. The minimum atomic E-state index is -3.76. The predicted molar refractivity (Wildman–Crippen MR) is 98.4 cm³/mol. The fourth-order valence-electron chi connectivity index (χ4n) is 2.34. The molecule has 2 N–H and O–H groups in total. The van der Waals surface area contributed by atoms with Gasteiger partial charge in [-0.2, -0.15) is 4.72 Å². The van der Waals surface area contributed by atoms with Crippen molar-refractivity contribution in [2.24, 2.45) is 5.92 Å². The Morgan fingerprint density at radius 3 is 2.16 bits per heavy atom. The maximum absolute atomic E-state index is 12.5. The first-order chi connectivity index (χ1) is 11.8. The summed E-state index contributed by atoms with van der Waals surface area (Å²) in [4.78, 5) is 12.6. The smallest absolute Gasteiger partial charge is 0.241 e. The first-order valence-electron chi connectivity index (χ1n) is 8.20. The number of hydrogen-bond donors (Lipinski definition) is 2. The predicted octanol–water partition coefficient (Wildman–Crippen LogP) is 2.61. The second kappa shape index (κ2) is 8.27. The van der Waals surface area contributed by atoms with Crippen molar-refractivity contribution >= 4 is 15.9 Å². The van der Waals surface area contributed by atoms with Crippen LogP contribution < -0.4 is 10.0 Å². The SMILES string of the molecule is Cc1ccc(S(=O)(=O)NC(C(=O)NCc2ccccc2)C(C)C)cc1. The summed E-state index contributed by atoms with van der Waals surface area (Å²) in [6, 6.07) is 15.2. The van der Waals surface area contributed by atoms with Gasteiger partial charge in [0, 0.05) is 6.54 Å². The molecule has 2 aromatic rings. The molecule has 0 spiro atoms. The number of carbonyl (C=O) groups is 1. The summed E-state index contributed by atoms with van der Waals surface area (Å²) in [6.07, 6.45) is 0. The molecular weight excluding hydrogens is 336 g/mol. The van der Waals surface area contributed by atoms with Crippen molar-refractivity contribution in [1.29, 1.82) is 0 Å². The highest BCUT2D eigenvalue weighted by Gasteiger charge is 2.28. The number of benzene rings is 2. The van der Waals surface area contributed by atoms with Gasteiger partial charge in [-0.3, -0.25) is 4.79 Å². The lowest BCUT2D eigenvalue weighted by atomic mass is 10.0. The van der Waals surface area contributed by atoms with Gasteiger partial charge in [-0.15, -0.1) is 0 Å². The first-order valence-corrected chi connectivity index (χ1v) is 9.68. The highest BCUT2D eigenvalue weighted by molar-refractivity contribution is 7.89. The third-order valence-electron chi connectivity index (χ3n) is 3.87. The van der Waals surface area contributed by atoms with E-state index in [0.29, 0.717) is 6.54 Å². The van der Waals surface area contributed by atoms with Crippen molar-refractivity contribution in [3.05, 3.63) is 65.7 Å². The molecule has 0 fully saturated rings.